The van der Waals surface area contributed by atoms with Crippen LogP contribution in [0.25, 0.3) is 0 Å². The van der Waals surface area contributed by atoms with Gasteiger partial charge >= 0.3 is 12.0 Å². The molecule has 0 saturated carbocycles. The Morgan fingerprint density at radius 1 is 1.42 bits per heavy atom. The zero-order valence-corrected chi connectivity index (χ0v) is 11.5. The number of aliphatic carboxylic acids is 1. The smallest absolute Gasteiger partial charge is 0.317 e. The molecule has 5 nitrogen and oxygen atoms in total. The Labute approximate surface area is 116 Å². The van der Waals surface area contributed by atoms with Crippen LogP contribution in [0.2, 0.25) is 0 Å². The van der Waals surface area contributed by atoms with E-state index in [-0.39, 0.29) is 18.4 Å². The normalized spacial score (nSPS) is 16.3. The maximum absolute atomic E-state index is 11.9. The van der Waals surface area contributed by atoms with E-state index in [2.05, 4.69) is 5.32 Å². The lowest BCUT2D eigenvalue weighted by Gasteiger charge is -2.31. The van der Waals surface area contributed by atoms with Crippen molar-refractivity contribution in [2.24, 2.45) is 5.92 Å². The third-order valence-corrected chi connectivity index (χ3v) is 4.24. The van der Waals surface area contributed by atoms with E-state index in [1.165, 1.54) is 0 Å². The molecule has 0 radical (unpaired) electrons. The van der Waals surface area contributed by atoms with Gasteiger partial charge in [-0.3, -0.25) is 4.79 Å². The summed E-state index contributed by atoms with van der Waals surface area (Å²) in [6.45, 7) is 1.86. The molecule has 1 fully saturated rings. The minimum Gasteiger partial charge on any atom is -0.481 e. The van der Waals surface area contributed by atoms with Crippen LogP contribution < -0.4 is 5.32 Å². The van der Waals surface area contributed by atoms with E-state index in [0.717, 1.165) is 17.7 Å². The monoisotopic (exact) mass is 282 g/mol. The van der Waals surface area contributed by atoms with Gasteiger partial charge in [0, 0.05) is 24.4 Å². The van der Waals surface area contributed by atoms with Crippen molar-refractivity contribution in [3.05, 3.63) is 22.4 Å². The van der Waals surface area contributed by atoms with Crippen LogP contribution in [0.4, 0.5) is 4.79 Å². The summed E-state index contributed by atoms with van der Waals surface area (Å²) >= 11 is 1.62. The number of carbonyl (C=O) groups excluding carboxylic acids is 1. The highest BCUT2D eigenvalue weighted by Crippen LogP contribution is 2.20. The van der Waals surface area contributed by atoms with Gasteiger partial charge in [0.15, 0.2) is 0 Å². The summed E-state index contributed by atoms with van der Waals surface area (Å²) in [7, 11) is 0. The van der Waals surface area contributed by atoms with E-state index in [4.69, 9.17) is 5.11 Å². The average Bonchev–Trinajstić information content (AvgIpc) is 2.89. The number of amides is 2. The van der Waals surface area contributed by atoms with Gasteiger partial charge in [-0.15, -0.1) is 11.3 Å². The second kappa shape index (κ2) is 6.56. The number of carboxylic acids is 1. The Morgan fingerprint density at radius 2 is 2.16 bits per heavy atom. The first-order valence-corrected chi connectivity index (χ1v) is 7.30. The fourth-order valence-corrected chi connectivity index (χ4v) is 2.92. The van der Waals surface area contributed by atoms with Crippen LogP contribution in [0.15, 0.2) is 17.5 Å². The number of thiophene rings is 1. The SMILES string of the molecule is O=C(O)CC1CCN(C(=O)NCc2cccs2)CC1. The van der Waals surface area contributed by atoms with E-state index in [1.807, 2.05) is 17.5 Å². The first-order chi connectivity index (χ1) is 9.15. The number of hydrogen-bond acceptors (Lipinski definition) is 3. The molecule has 1 aromatic rings. The fraction of sp³-hybridized carbons (Fsp3) is 0.538. The summed E-state index contributed by atoms with van der Waals surface area (Å²) in [6.07, 6.45) is 1.77. The lowest BCUT2D eigenvalue weighted by Crippen LogP contribution is -2.44. The zero-order valence-electron chi connectivity index (χ0n) is 10.7. The molecule has 0 atom stereocenters. The minimum absolute atomic E-state index is 0.0535. The average molecular weight is 282 g/mol. The quantitative estimate of drug-likeness (QED) is 0.889. The molecular formula is C13H18N2O3S. The second-order valence-electron chi connectivity index (χ2n) is 4.77. The number of hydrogen-bond donors (Lipinski definition) is 2. The van der Waals surface area contributed by atoms with Crippen molar-refractivity contribution >= 4 is 23.3 Å². The van der Waals surface area contributed by atoms with Gasteiger partial charge < -0.3 is 15.3 Å². The summed E-state index contributed by atoms with van der Waals surface area (Å²) < 4.78 is 0. The summed E-state index contributed by atoms with van der Waals surface area (Å²) in [5.41, 5.74) is 0. The van der Waals surface area contributed by atoms with Crippen LogP contribution in [-0.2, 0) is 11.3 Å². The van der Waals surface area contributed by atoms with Gasteiger partial charge in [-0.25, -0.2) is 4.79 Å². The van der Waals surface area contributed by atoms with Crippen molar-refractivity contribution < 1.29 is 14.7 Å². The molecule has 104 valence electrons. The van der Waals surface area contributed by atoms with Gasteiger partial charge in [0.25, 0.3) is 0 Å². The van der Waals surface area contributed by atoms with E-state index >= 15 is 0 Å². The minimum atomic E-state index is -0.749. The largest absolute Gasteiger partial charge is 0.481 e. The van der Waals surface area contributed by atoms with Gasteiger partial charge in [0.1, 0.15) is 0 Å². The Bertz CT molecular complexity index is 425. The van der Waals surface area contributed by atoms with Gasteiger partial charge in [0.2, 0.25) is 0 Å². The molecule has 2 amide bonds. The van der Waals surface area contributed by atoms with Crippen LogP contribution in [0.3, 0.4) is 0 Å². The summed E-state index contributed by atoms with van der Waals surface area (Å²) in [5.74, 6) is -0.542. The van der Waals surface area contributed by atoms with Crippen molar-refractivity contribution in [3.8, 4) is 0 Å². The fourth-order valence-electron chi connectivity index (χ4n) is 2.27. The number of nitrogens with zero attached hydrogens (tertiary/aromatic N) is 1. The lowest BCUT2D eigenvalue weighted by molar-refractivity contribution is -0.138. The molecule has 0 aliphatic carbocycles. The molecule has 0 bridgehead atoms. The van der Waals surface area contributed by atoms with Crippen LogP contribution in [0.1, 0.15) is 24.1 Å². The molecule has 19 heavy (non-hydrogen) atoms. The molecule has 2 rings (SSSR count). The van der Waals surface area contributed by atoms with Crippen molar-refractivity contribution in [1.29, 1.82) is 0 Å². The Morgan fingerprint density at radius 3 is 2.74 bits per heavy atom. The predicted octanol–water partition coefficient (Wildman–Crippen LogP) is 2.14. The number of carbonyl (C=O) groups is 2. The first kappa shape index (κ1) is 13.9. The number of rotatable bonds is 4. The first-order valence-electron chi connectivity index (χ1n) is 6.42. The number of carboxylic acid groups (broad SMARTS) is 1. The molecule has 1 aliphatic heterocycles. The Hall–Kier alpha value is -1.56. The topological polar surface area (TPSA) is 69.6 Å². The predicted molar refractivity (Wildman–Crippen MR) is 73.1 cm³/mol. The third kappa shape index (κ3) is 4.24. The van der Waals surface area contributed by atoms with Gasteiger partial charge in [-0.1, -0.05) is 6.07 Å². The molecule has 0 unspecified atom stereocenters. The zero-order chi connectivity index (χ0) is 13.7. The second-order valence-corrected chi connectivity index (χ2v) is 5.80. The van der Waals surface area contributed by atoms with Crippen molar-refractivity contribution in [3.63, 3.8) is 0 Å². The molecule has 1 aliphatic rings. The third-order valence-electron chi connectivity index (χ3n) is 3.36. The summed E-state index contributed by atoms with van der Waals surface area (Å²) in [4.78, 5) is 25.5. The van der Waals surface area contributed by atoms with Gasteiger partial charge in [-0.2, -0.15) is 0 Å². The molecule has 6 heteroatoms. The molecule has 0 aromatic carbocycles. The Kier molecular flexibility index (Phi) is 4.79. The Balaban J connectivity index is 1.71. The van der Waals surface area contributed by atoms with Gasteiger partial charge in [-0.05, 0) is 30.2 Å². The van der Waals surface area contributed by atoms with E-state index in [0.29, 0.717) is 19.6 Å². The standard InChI is InChI=1S/C13H18N2O3S/c16-12(17)8-10-3-5-15(6-4-10)13(18)14-9-11-2-1-7-19-11/h1-2,7,10H,3-6,8-9H2,(H,14,18)(H,16,17). The van der Waals surface area contributed by atoms with E-state index < -0.39 is 5.97 Å². The molecule has 1 aromatic heterocycles. The summed E-state index contributed by atoms with van der Waals surface area (Å²) in [5, 5.41) is 13.6. The van der Waals surface area contributed by atoms with Gasteiger partial charge in [0.05, 0.1) is 6.54 Å². The highest BCUT2D eigenvalue weighted by molar-refractivity contribution is 7.09. The van der Waals surface area contributed by atoms with E-state index in [1.54, 1.807) is 16.2 Å². The van der Waals surface area contributed by atoms with E-state index in [9.17, 15) is 9.59 Å². The number of likely N-dealkylation sites (tertiary alicyclic amines) is 1. The highest BCUT2D eigenvalue weighted by Gasteiger charge is 2.24. The van der Waals surface area contributed by atoms with Crippen LogP contribution in [0.5, 0.6) is 0 Å². The maximum Gasteiger partial charge on any atom is 0.317 e. The number of nitrogens with one attached hydrogen (secondary N) is 1. The molecule has 2 heterocycles. The van der Waals surface area contributed by atoms with Crippen LogP contribution in [0, 0.1) is 5.92 Å². The molecule has 2 N–H and O–H groups in total. The van der Waals surface area contributed by atoms with Crippen LogP contribution >= 0.6 is 11.3 Å². The number of urea groups is 1. The summed E-state index contributed by atoms with van der Waals surface area (Å²) in [6, 6.07) is 3.90. The lowest BCUT2D eigenvalue weighted by atomic mass is 9.94. The highest BCUT2D eigenvalue weighted by atomic mass is 32.1. The molecular weight excluding hydrogens is 264 g/mol. The maximum atomic E-state index is 11.9. The number of piperidine rings is 1. The van der Waals surface area contributed by atoms with Crippen molar-refractivity contribution in [1.82, 2.24) is 10.2 Å². The molecule has 0 spiro atoms. The van der Waals surface area contributed by atoms with Crippen molar-refractivity contribution in [2.75, 3.05) is 13.1 Å². The molecule has 1 saturated heterocycles. The van der Waals surface area contributed by atoms with Crippen LogP contribution in [-0.4, -0.2) is 35.1 Å². The van der Waals surface area contributed by atoms with Crippen molar-refractivity contribution in [2.45, 2.75) is 25.8 Å².